The lowest BCUT2D eigenvalue weighted by Crippen LogP contribution is -2.46. The van der Waals surface area contributed by atoms with Crippen molar-refractivity contribution in [1.29, 1.82) is 0 Å². The van der Waals surface area contributed by atoms with E-state index in [1.807, 2.05) is 6.92 Å². The average molecular weight is 392 g/mol. The highest BCUT2D eigenvalue weighted by Gasteiger charge is 2.35. The van der Waals surface area contributed by atoms with Gasteiger partial charge in [0.2, 0.25) is 0 Å². The Morgan fingerprint density at radius 1 is 1.04 bits per heavy atom. The number of methoxy groups -OCH3 is 3. The zero-order chi connectivity index (χ0) is 20.7. The second-order valence-electron chi connectivity index (χ2n) is 6.20. The van der Waals surface area contributed by atoms with Gasteiger partial charge in [0.25, 0.3) is 0 Å². The Bertz CT molecular complexity index is 759. The highest BCUT2D eigenvalue weighted by atomic mass is 16.5. The third kappa shape index (κ3) is 4.49. The predicted octanol–water partition coefficient (Wildman–Crippen LogP) is 3.07. The van der Waals surface area contributed by atoms with Gasteiger partial charge in [-0.25, -0.2) is 9.59 Å². The lowest BCUT2D eigenvalue weighted by molar-refractivity contribution is -0.139. The molecule has 8 nitrogen and oxygen atoms in total. The molecule has 154 valence electrons. The lowest BCUT2D eigenvalue weighted by atomic mass is 9.92. The lowest BCUT2D eigenvalue weighted by Gasteiger charge is -2.30. The Hall–Kier alpha value is -2.90. The smallest absolute Gasteiger partial charge is 0.338 e. The molecule has 0 radical (unpaired) electrons. The summed E-state index contributed by atoms with van der Waals surface area (Å²) in [5, 5.41) is 5.57. The fraction of sp³-hybridized carbons (Fsp3) is 0.500. The van der Waals surface area contributed by atoms with E-state index in [1.165, 1.54) is 21.3 Å². The van der Waals surface area contributed by atoms with E-state index in [0.717, 1.165) is 12.8 Å². The van der Waals surface area contributed by atoms with Crippen LogP contribution in [-0.4, -0.2) is 39.9 Å². The van der Waals surface area contributed by atoms with Gasteiger partial charge in [0.05, 0.1) is 39.6 Å². The first-order valence-electron chi connectivity index (χ1n) is 9.28. The minimum absolute atomic E-state index is 0.229. The van der Waals surface area contributed by atoms with Gasteiger partial charge in [-0.3, -0.25) is 0 Å². The molecule has 2 amide bonds. The number of hydrogen-bond acceptors (Lipinski definition) is 6. The number of urea groups is 1. The maximum Gasteiger partial charge on any atom is 0.338 e. The van der Waals surface area contributed by atoms with E-state index in [-0.39, 0.29) is 12.6 Å². The number of hydrogen-bond donors (Lipinski definition) is 2. The van der Waals surface area contributed by atoms with Crippen LogP contribution in [0.15, 0.2) is 23.4 Å². The molecule has 1 aliphatic rings. The summed E-state index contributed by atoms with van der Waals surface area (Å²) in [5.74, 6) is 0.921. The van der Waals surface area contributed by atoms with Crippen LogP contribution in [0.5, 0.6) is 17.2 Å². The fourth-order valence-electron chi connectivity index (χ4n) is 3.13. The van der Waals surface area contributed by atoms with E-state index in [0.29, 0.717) is 40.5 Å². The zero-order valence-corrected chi connectivity index (χ0v) is 17.0. The monoisotopic (exact) mass is 392 g/mol. The number of rotatable bonds is 9. The van der Waals surface area contributed by atoms with Crippen molar-refractivity contribution in [2.45, 2.75) is 39.2 Å². The number of nitrogens with one attached hydrogen (secondary N) is 2. The van der Waals surface area contributed by atoms with Crippen molar-refractivity contribution < 1.29 is 28.5 Å². The third-order valence-corrected chi connectivity index (χ3v) is 4.48. The molecule has 0 fully saturated rings. The molecule has 0 bridgehead atoms. The molecule has 1 aromatic carbocycles. The molecular weight excluding hydrogens is 364 g/mol. The summed E-state index contributed by atoms with van der Waals surface area (Å²) in [5.41, 5.74) is 1.50. The van der Waals surface area contributed by atoms with Crippen LogP contribution in [0.4, 0.5) is 4.79 Å². The number of unbranched alkanes of at least 4 members (excludes halogenated alkanes) is 1. The van der Waals surface area contributed by atoms with Gasteiger partial charge in [-0.15, -0.1) is 0 Å². The number of allylic oxidation sites excluding steroid dienone is 1. The first-order chi connectivity index (χ1) is 13.5. The van der Waals surface area contributed by atoms with E-state index in [2.05, 4.69) is 10.6 Å². The van der Waals surface area contributed by atoms with Crippen molar-refractivity contribution in [1.82, 2.24) is 10.6 Å². The van der Waals surface area contributed by atoms with Crippen LogP contribution in [0.1, 0.15) is 44.7 Å². The van der Waals surface area contributed by atoms with Gasteiger partial charge in [-0.05, 0) is 25.8 Å². The zero-order valence-electron chi connectivity index (χ0n) is 17.0. The summed E-state index contributed by atoms with van der Waals surface area (Å²) >= 11 is 0. The highest BCUT2D eigenvalue weighted by molar-refractivity contribution is 5.95. The third-order valence-electron chi connectivity index (χ3n) is 4.48. The maximum absolute atomic E-state index is 12.8. The van der Waals surface area contributed by atoms with Crippen LogP contribution in [0, 0.1) is 0 Å². The fourth-order valence-corrected chi connectivity index (χ4v) is 3.13. The Morgan fingerprint density at radius 3 is 2.25 bits per heavy atom. The van der Waals surface area contributed by atoms with Crippen LogP contribution in [0.2, 0.25) is 0 Å². The standard InChI is InChI=1S/C20H28N2O6/c1-6-8-9-13-17(19(23)28-7-2)18(22-20(24)21-13)12-10-15(26-4)16(27-5)11-14(12)25-3/h10-11,18H,6-9H2,1-5H3,(H2,21,22,24). The summed E-state index contributed by atoms with van der Waals surface area (Å²) in [4.78, 5) is 25.1. The molecule has 1 aromatic rings. The van der Waals surface area contributed by atoms with E-state index in [4.69, 9.17) is 18.9 Å². The van der Waals surface area contributed by atoms with Crippen molar-refractivity contribution >= 4 is 12.0 Å². The molecule has 2 rings (SSSR count). The quantitative estimate of drug-likeness (QED) is 0.627. The minimum atomic E-state index is -0.741. The minimum Gasteiger partial charge on any atom is -0.496 e. The molecule has 8 heteroatoms. The number of amides is 2. The Balaban J connectivity index is 2.65. The van der Waals surface area contributed by atoms with Gasteiger partial charge in [-0.1, -0.05) is 13.3 Å². The number of carbonyl (C=O) groups excluding carboxylic acids is 2. The molecule has 0 saturated heterocycles. The molecule has 0 aliphatic carbocycles. The van der Waals surface area contributed by atoms with Gasteiger partial charge < -0.3 is 29.6 Å². The van der Waals surface area contributed by atoms with Gasteiger partial charge in [0.1, 0.15) is 5.75 Å². The number of benzene rings is 1. The molecule has 28 heavy (non-hydrogen) atoms. The van der Waals surface area contributed by atoms with Crippen molar-refractivity contribution in [3.63, 3.8) is 0 Å². The Morgan fingerprint density at radius 2 is 1.68 bits per heavy atom. The molecule has 2 N–H and O–H groups in total. The summed E-state index contributed by atoms with van der Waals surface area (Å²) in [7, 11) is 4.55. The van der Waals surface area contributed by atoms with Gasteiger partial charge in [0, 0.05) is 17.3 Å². The molecule has 1 unspecified atom stereocenters. The van der Waals surface area contributed by atoms with Crippen LogP contribution in [0.25, 0.3) is 0 Å². The summed E-state index contributed by atoms with van der Waals surface area (Å²) < 4.78 is 21.5. The van der Waals surface area contributed by atoms with E-state index in [1.54, 1.807) is 19.1 Å². The molecule has 0 saturated carbocycles. The largest absolute Gasteiger partial charge is 0.496 e. The number of esters is 1. The molecule has 1 atom stereocenters. The van der Waals surface area contributed by atoms with Crippen molar-refractivity contribution in [3.8, 4) is 17.2 Å². The highest BCUT2D eigenvalue weighted by Crippen LogP contribution is 2.41. The Labute approximate surface area is 165 Å². The second kappa shape index (κ2) is 9.87. The molecule has 1 heterocycles. The normalized spacial score (nSPS) is 16.2. The van der Waals surface area contributed by atoms with E-state index in [9.17, 15) is 9.59 Å². The topological polar surface area (TPSA) is 95.1 Å². The molecular formula is C20H28N2O6. The summed E-state index contributed by atoms with van der Waals surface area (Å²) in [6.07, 6.45) is 2.31. The van der Waals surface area contributed by atoms with Crippen LogP contribution < -0.4 is 24.8 Å². The SMILES string of the molecule is CCCCC1=C(C(=O)OCC)C(c2cc(OC)c(OC)cc2OC)NC(=O)N1. The van der Waals surface area contributed by atoms with Crippen LogP contribution in [0.3, 0.4) is 0 Å². The second-order valence-corrected chi connectivity index (χ2v) is 6.20. The van der Waals surface area contributed by atoms with Gasteiger partial charge >= 0.3 is 12.0 Å². The first-order valence-corrected chi connectivity index (χ1v) is 9.28. The number of ether oxygens (including phenoxy) is 4. The van der Waals surface area contributed by atoms with Crippen molar-refractivity contribution in [3.05, 3.63) is 29.0 Å². The van der Waals surface area contributed by atoms with Crippen LogP contribution in [-0.2, 0) is 9.53 Å². The van der Waals surface area contributed by atoms with E-state index < -0.39 is 12.0 Å². The Kier molecular flexibility index (Phi) is 7.54. The predicted molar refractivity (Wildman–Crippen MR) is 104 cm³/mol. The number of carbonyl (C=O) groups is 2. The van der Waals surface area contributed by atoms with Crippen LogP contribution >= 0.6 is 0 Å². The average Bonchev–Trinajstić information content (AvgIpc) is 2.70. The van der Waals surface area contributed by atoms with Gasteiger partial charge in [-0.2, -0.15) is 0 Å². The van der Waals surface area contributed by atoms with Crippen molar-refractivity contribution in [2.75, 3.05) is 27.9 Å². The molecule has 1 aliphatic heterocycles. The molecule has 0 spiro atoms. The molecule has 0 aromatic heterocycles. The van der Waals surface area contributed by atoms with Gasteiger partial charge in [0.15, 0.2) is 11.5 Å². The summed E-state index contributed by atoms with van der Waals surface area (Å²) in [6, 6.07) is 2.23. The van der Waals surface area contributed by atoms with Crippen molar-refractivity contribution in [2.24, 2.45) is 0 Å². The maximum atomic E-state index is 12.8. The van der Waals surface area contributed by atoms with E-state index >= 15 is 0 Å². The summed E-state index contributed by atoms with van der Waals surface area (Å²) in [6.45, 7) is 4.01. The first kappa shape index (κ1) is 21.4.